The van der Waals surface area contributed by atoms with Crippen LogP contribution in [0.25, 0.3) is 0 Å². The molecule has 0 amide bonds. The number of hydrogen-bond acceptors (Lipinski definition) is 2. The van der Waals surface area contributed by atoms with E-state index in [9.17, 15) is 0 Å². The molecule has 0 fully saturated rings. The van der Waals surface area contributed by atoms with Gasteiger partial charge in [-0.25, -0.2) is 0 Å². The summed E-state index contributed by atoms with van der Waals surface area (Å²) in [6.07, 6.45) is 0. The molecule has 0 bridgehead atoms. The van der Waals surface area contributed by atoms with Crippen LogP contribution in [0.4, 0.5) is 0 Å². The molecule has 0 unspecified atom stereocenters. The van der Waals surface area contributed by atoms with Crippen LogP contribution in [0.3, 0.4) is 0 Å². The lowest BCUT2D eigenvalue weighted by Gasteiger charge is -2.22. The number of rotatable bonds is 4. The first-order valence-corrected chi connectivity index (χ1v) is 5.36. The van der Waals surface area contributed by atoms with Crippen molar-refractivity contribution in [1.29, 1.82) is 5.26 Å². The van der Waals surface area contributed by atoms with Crippen molar-refractivity contribution in [2.75, 3.05) is 6.54 Å². The molecule has 0 spiro atoms. The minimum Gasteiger partial charge on any atom is -0.284 e. The highest BCUT2D eigenvalue weighted by atomic mass is 15.1. The SMILES string of the molecule is CCN(Cc1cccc(C)c1)[C@H](C)C#N. The van der Waals surface area contributed by atoms with Crippen LogP contribution in [0.1, 0.15) is 25.0 Å². The van der Waals surface area contributed by atoms with Crippen LogP contribution in [-0.4, -0.2) is 17.5 Å². The predicted molar refractivity (Wildman–Crippen MR) is 62.3 cm³/mol. The number of hydrogen-bond donors (Lipinski definition) is 0. The van der Waals surface area contributed by atoms with E-state index in [1.165, 1.54) is 11.1 Å². The number of nitriles is 1. The van der Waals surface area contributed by atoms with E-state index in [1.54, 1.807) is 0 Å². The molecule has 1 rings (SSSR count). The van der Waals surface area contributed by atoms with Crippen molar-refractivity contribution in [2.45, 2.75) is 33.4 Å². The van der Waals surface area contributed by atoms with Crippen LogP contribution in [0.5, 0.6) is 0 Å². The van der Waals surface area contributed by atoms with E-state index >= 15 is 0 Å². The van der Waals surface area contributed by atoms with E-state index in [0.717, 1.165) is 13.1 Å². The molecule has 0 aliphatic carbocycles. The van der Waals surface area contributed by atoms with Crippen molar-refractivity contribution in [2.24, 2.45) is 0 Å². The van der Waals surface area contributed by atoms with Crippen LogP contribution in [0, 0.1) is 18.3 Å². The molecule has 0 saturated heterocycles. The zero-order chi connectivity index (χ0) is 11.3. The van der Waals surface area contributed by atoms with Crippen LogP contribution in [-0.2, 0) is 6.54 Å². The third-order valence-electron chi connectivity index (χ3n) is 2.61. The summed E-state index contributed by atoms with van der Waals surface area (Å²) in [6.45, 7) is 7.88. The van der Waals surface area contributed by atoms with Crippen molar-refractivity contribution < 1.29 is 0 Å². The van der Waals surface area contributed by atoms with Crippen LogP contribution in [0.15, 0.2) is 24.3 Å². The predicted octanol–water partition coefficient (Wildman–Crippen LogP) is 2.73. The van der Waals surface area contributed by atoms with Gasteiger partial charge in [-0.2, -0.15) is 5.26 Å². The van der Waals surface area contributed by atoms with Crippen molar-refractivity contribution in [3.8, 4) is 6.07 Å². The van der Waals surface area contributed by atoms with E-state index in [-0.39, 0.29) is 6.04 Å². The molecule has 80 valence electrons. The van der Waals surface area contributed by atoms with Crippen molar-refractivity contribution in [3.05, 3.63) is 35.4 Å². The van der Waals surface area contributed by atoms with Gasteiger partial charge in [0, 0.05) is 6.54 Å². The van der Waals surface area contributed by atoms with E-state index in [0.29, 0.717) is 0 Å². The van der Waals surface area contributed by atoms with Gasteiger partial charge >= 0.3 is 0 Å². The molecule has 1 aromatic carbocycles. The highest BCUT2D eigenvalue weighted by molar-refractivity contribution is 5.22. The first kappa shape index (κ1) is 11.7. The van der Waals surface area contributed by atoms with Gasteiger partial charge in [-0.3, -0.25) is 4.90 Å². The zero-order valence-corrected chi connectivity index (χ0v) is 9.70. The van der Waals surface area contributed by atoms with Gasteiger partial charge in [0.15, 0.2) is 0 Å². The van der Waals surface area contributed by atoms with E-state index in [4.69, 9.17) is 5.26 Å². The van der Waals surface area contributed by atoms with E-state index < -0.39 is 0 Å². The normalized spacial score (nSPS) is 12.5. The Balaban J connectivity index is 2.71. The Labute approximate surface area is 92.1 Å². The summed E-state index contributed by atoms with van der Waals surface area (Å²) < 4.78 is 0. The average Bonchev–Trinajstić information content (AvgIpc) is 2.25. The molecule has 1 atom stereocenters. The van der Waals surface area contributed by atoms with Crippen molar-refractivity contribution in [1.82, 2.24) is 4.90 Å². The summed E-state index contributed by atoms with van der Waals surface area (Å²) in [5.41, 5.74) is 2.55. The Morgan fingerprint density at radius 3 is 2.73 bits per heavy atom. The topological polar surface area (TPSA) is 27.0 Å². The second kappa shape index (κ2) is 5.53. The second-order valence-electron chi connectivity index (χ2n) is 3.86. The maximum Gasteiger partial charge on any atom is 0.0952 e. The molecular weight excluding hydrogens is 184 g/mol. The van der Waals surface area contributed by atoms with Gasteiger partial charge in [0.1, 0.15) is 0 Å². The van der Waals surface area contributed by atoms with E-state index in [2.05, 4.69) is 49.1 Å². The Kier molecular flexibility index (Phi) is 4.33. The van der Waals surface area contributed by atoms with Crippen LogP contribution >= 0.6 is 0 Å². The van der Waals surface area contributed by atoms with Crippen molar-refractivity contribution >= 4 is 0 Å². The van der Waals surface area contributed by atoms with Gasteiger partial charge in [-0.1, -0.05) is 36.8 Å². The Bertz CT molecular complexity index is 352. The third kappa shape index (κ3) is 3.38. The molecule has 1 aromatic rings. The van der Waals surface area contributed by atoms with E-state index in [1.807, 2.05) is 6.92 Å². The number of nitrogens with zero attached hydrogens (tertiary/aromatic N) is 2. The minimum absolute atomic E-state index is 0.0180. The maximum absolute atomic E-state index is 8.88. The van der Waals surface area contributed by atoms with Gasteiger partial charge < -0.3 is 0 Å². The lowest BCUT2D eigenvalue weighted by atomic mass is 10.1. The number of aryl methyl sites for hydroxylation is 1. The lowest BCUT2D eigenvalue weighted by molar-refractivity contribution is 0.250. The monoisotopic (exact) mass is 202 g/mol. The fourth-order valence-electron chi connectivity index (χ4n) is 1.65. The molecule has 0 aliphatic heterocycles. The quantitative estimate of drug-likeness (QED) is 0.750. The second-order valence-corrected chi connectivity index (χ2v) is 3.86. The highest BCUT2D eigenvalue weighted by Gasteiger charge is 2.10. The third-order valence-corrected chi connectivity index (χ3v) is 2.61. The zero-order valence-electron chi connectivity index (χ0n) is 9.70. The largest absolute Gasteiger partial charge is 0.284 e. The summed E-state index contributed by atoms with van der Waals surface area (Å²) in [6, 6.07) is 10.7. The Hall–Kier alpha value is -1.33. The fourth-order valence-corrected chi connectivity index (χ4v) is 1.65. The first-order valence-electron chi connectivity index (χ1n) is 5.36. The summed E-state index contributed by atoms with van der Waals surface area (Å²) in [5, 5.41) is 8.88. The highest BCUT2D eigenvalue weighted by Crippen LogP contribution is 2.09. The van der Waals surface area contributed by atoms with Crippen LogP contribution in [0.2, 0.25) is 0 Å². The molecular formula is C13H18N2. The van der Waals surface area contributed by atoms with Gasteiger partial charge in [0.2, 0.25) is 0 Å². The van der Waals surface area contributed by atoms with Crippen LogP contribution < -0.4 is 0 Å². The molecule has 0 heterocycles. The maximum atomic E-state index is 8.88. The van der Waals surface area contributed by atoms with Gasteiger partial charge in [0.05, 0.1) is 12.1 Å². The Morgan fingerprint density at radius 2 is 2.20 bits per heavy atom. The fraction of sp³-hybridized carbons (Fsp3) is 0.462. The summed E-state index contributed by atoms with van der Waals surface area (Å²) in [7, 11) is 0. The molecule has 15 heavy (non-hydrogen) atoms. The standard InChI is InChI=1S/C13H18N2/c1-4-15(12(3)9-14)10-13-7-5-6-11(2)8-13/h5-8,12H,4,10H2,1-3H3/t12-/m1/s1. The average molecular weight is 202 g/mol. The number of benzene rings is 1. The molecule has 0 aliphatic rings. The summed E-state index contributed by atoms with van der Waals surface area (Å²) in [5.74, 6) is 0. The minimum atomic E-state index is -0.0180. The van der Waals surface area contributed by atoms with Gasteiger partial charge in [-0.15, -0.1) is 0 Å². The Morgan fingerprint density at radius 1 is 1.47 bits per heavy atom. The van der Waals surface area contributed by atoms with Gasteiger partial charge in [0.25, 0.3) is 0 Å². The smallest absolute Gasteiger partial charge is 0.0952 e. The molecule has 0 aromatic heterocycles. The van der Waals surface area contributed by atoms with Gasteiger partial charge in [-0.05, 0) is 26.0 Å². The molecule has 2 nitrogen and oxygen atoms in total. The molecule has 0 saturated carbocycles. The molecule has 0 radical (unpaired) electrons. The molecule has 2 heteroatoms. The summed E-state index contributed by atoms with van der Waals surface area (Å²) >= 11 is 0. The molecule has 0 N–H and O–H groups in total. The lowest BCUT2D eigenvalue weighted by Crippen LogP contribution is -2.31. The van der Waals surface area contributed by atoms with Crippen molar-refractivity contribution in [3.63, 3.8) is 0 Å². The summed E-state index contributed by atoms with van der Waals surface area (Å²) in [4.78, 5) is 2.16. The first-order chi connectivity index (χ1) is 7.17.